The van der Waals surface area contributed by atoms with E-state index in [-0.39, 0.29) is 11.6 Å². The van der Waals surface area contributed by atoms with Crippen LogP contribution in [0.15, 0.2) is 23.1 Å². The molecule has 0 unspecified atom stereocenters. The van der Waals surface area contributed by atoms with E-state index in [1.54, 1.807) is 12.3 Å². The van der Waals surface area contributed by atoms with E-state index in [0.29, 0.717) is 12.0 Å². The summed E-state index contributed by atoms with van der Waals surface area (Å²) in [6.07, 6.45) is 9.36. The van der Waals surface area contributed by atoms with Crippen LogP contribution in [0.25, 0.3) is 5.65 Å². The molecule has 2 amide bonds. The first-order valence-electron chi connectivity index (χ1n) is 9.72. The Morgan fingerprint density at radius 2 is 1.88 bits per heavy atom. The van der Waals surface area contributed by atoms with Crippen LogP contribution in [0.1, 0.15) is 56.6 Å². The molecule has 2 fully saturated rings. The Kier molecular flexibility index (Phi) is 4.70. The quantitative estimate of drug-likeness (QED) is 0.896. The van der Waals surface area contributed by atoms with Crippen LogP contribution < -0.4 is 10.9 Å². The topological polar surface area (TPSA) is 71.6 Å². The van der Waals surface area contributed by atoms with Gasteiger partial charge < -0.3 is 14.8 Å². The number of nitrogens with one attached hydrogen (secondary N) is 1. The molecule has 0 spiro atoms. The Balaban J connectivity index is 1.41. The van der Waals surface area contributed by atoms with Gasteiger partial charge in [0.15, 0.2) is 0 Å². The number of rotatable bonds is 2. The standard InChI is InChI=1S/C19H27N5O2/c1-22-16(13-18(25)24-17(22)7-10-20-24)14-8-11-23(12-9-14)19(26)21-15-5-3-2-4-6-15/h7,10,13-15H,2-6,8-9,11-12H2,1H3,(H,21,26). The highest BCUT2D eigenvalue weighted by molar-refractivity contribution is 5.74. The van der Waals surface area contributed by atoms with E-state index in [0.717, 1.165) is 50.1 Å². The van der Waals surface area contributed by atoms with E-state index in [1.165, 1.54) is 23.8 Å². The SMILES string of the molecule is Cn1c(C2CCN(C(=O)NC3CCCCC3)CC2)cc(=O)n2nccc12. The summed E-state index contributed by atoms with van der Waals surface area (Å²) in [4.78, 5) is 26.7. The third kappa shape index (κ3) is 3.22. The van der Waals surface area contributed by atoms with Crippen molar-refractivity contribution in [1.29, 1.82) is 0 Å². The van der Waals surface area contributed by atoms with Crippen LogP contribution in [0.3, 0.4) is 0 Å². The lowest BCUT2D eigenvalue weighted by molar-refractivity contribution is 0.173. The summed E-state index contributed by atoms with van der Waals surface area (Å²) < 4.78 is 3.48. The lowest BCUT2D eigenvalue weighted by Crippen LogP contribution is -2.48. The van der Waals surface area contributed by atoms with Gasteiger partial charge in [0.2, 0.25) is 0 Å². The van der Waals surface area contributed by atoms with Crippen LogP contribution in [0.4, 0.5) is 4.79 Å². The summed E-state index contributed by atoms with van der Waals surface area (Å²) in [6, 6.07) is 3.98. The van der Waals surface area contributed by atoms with Crippen molar-refractivity contribution in [2.75, 3.05) is 13.1 Å². The third-order valence-corrected chi connectivity index (χ3v) is 5.97. The zero-order valence-corrected chi connectivity index (χ0v) is 15.4. The predicted molar refractivity (Wildman–Crippen MR) is 99.4 cm³/mol. The first-order valence-corrected chi connectivity index (χ1v) is 9.72. The van der Waals surface area contributed by atoms with E-state index >= 15 is 0 Å². The largest absolute Gasteiger partial charge is 0.335 e. The number of hydrogen-bond acceptors (Lipinski definition) is 3. The van der Waals surface area contributed by atoms with E-state index in [9.17, 15) is 9.59 Å². The number of carbonyl (C=O) groups is 1. The molecule has 2 aliphatic rings. The molecule has 4 rings (SSSR count). The Hall–Kier alpha value is -2.31. The molecule has 0 bridgehead atoms. The van der Waals surface area contributed by atoms with Crippen molar-refractivity contribution >= 4 is 11.7 Å². The van der Waals surface area contributed by atoms with Gasteiger partial charge >= 0.3 is 6.03 Å². The Morgan fingerprint density at radius 3 is 2.62 bits per heavy atom. The summed E-state index contributed by atoms with van der Waals surface area (Å²) >= 11 is 0. The summed E-state index contributed by atoms with van der Waals surface area (Å²) in [5.74, 6) is 0.298. The number of hydrogen-bond donors (Lipinski definition) is 1. The molecule has 26 heavy (non-hydrogen) atoms. The van der Waals surface area contributed by atoms with Crippen LogP contribution in [-0.4, -0.2) is 44.2 Å². The number of piperidine rings is 1. The van der Waals surface area contributed by atoms with Crippen molar-refractivity contribution in [2.45, 2.75) is 56.9 Å². The van der Waals surface area contributed by atoms with E-state index in [1.807, 2.05) is 18.0 Å². The minimum absolute atomic E-state index is 0.0791. The molecule has 1 saturated heterocycles. The molecule has 3 heterocycles. The molecule has 2 aromatic heterocycles. The molecule has 7 nitrogen and oxygen atoms in total. The summed E-state index contributed by atoms with van der Waals surface area (Å²) in [7, 11) is 1.98. The maximum Gasteiger partial charge on any atom is 0.317 e. The van der Waals surface area contributed by atoms with Crippen LogP contribution in [-0.2, 0) is 7.05 Å². The smallest absolute Gasteiger partial charge is 0.317 e. The molecule has 0 atom stereocenters. The molecule has 1 saturated carbocycles. The zero-order valence-electron chi connectivity index (χ0n) is 15.4. The van der Waals surface area contributed by atoms with Gasteiger partial charge in [-0.1, -0.05) is 19.3 Å². The molecule has 140 valence electrons. The van der Waals surface area contributed by atoms with Gasteiger partial charge in [0.25, 0.3) is 5.56 Å². The van der Waals surface area contributed by atoms with Gasteiger partial charge in [-0.15, -0.1) is 0 Å². The molecule has 1 aliphatic heterocycles. The molecule has 2 aromatic rings. The van der Waals surface area contributed by atoms with Crippen molar-refractivity contribution in [2.24, 2.45) is 7.05 Å². The highest BCUT2D eigenvalue weighted by atomic mass is 16.2. The van der Waals surface area contributed by atoms with Crippen LogP contribution >= 0.6 is 0 Å². The number of carbonyl (C=O) groups excluding carboxylic acids is 1. The summed E-state index contributed by atoms with van der Waals surface area (Å²) in [5, 5.41) is 7.28. The van der Waals surface area contributed by atoms with Crippen LogP contribution in [0.5, 0.6) is 0 Å². The molecule has 0 radical (unpaired) electrons. The first-order chi connectivity index (χ1) is 12.6. The van der Waals surface area contributed by atoms with Crippen molar-refractivity contribution in [1.82, 2.24) is 24.4 Å². The fourth-order valence-electron chi connectivity index (χ4n) is 4.42. The number of nitrogens with zero attached hydrogens (tertiary/aromatic N) is 4. The van der Waals surface area contributed by atoms with Gasteiger partial charge in [0.05, 0.1) is 6.20 Å². The van der Waals surface area contributed by atoms with E-state index in [4.69, 9.17) is 0 Å². The fourth-order valence-corrected chi connectivity index (χ4v) is 4.42. The summed E-state index contributed by atoms with van der Waals surface area (Å²) in [5.41, 5.74) is 1.76. The van der Waals surface area contributed by atoms with Gasteiger partial charge in [0.1, 0.15) is 5.65 Å². The van der Waals surface area contributed by atoms with Crippen molar-refractivity contribution in [3.05, 3.63) is 34.4 Å². The molecule has 1 N–H and O–H groups in total. The molecular formula is C19H27N5O2. The summed E-state index contributed by atoms with van der Waals surface area (Å²) in [6.45, 7) is 1.48. The highest BCUT2D eigenvalue weighted by Gasteiger charge is 2.27. The molecule has 1 aliphatic carbocycles. The van der Waals surface area contributed by atoms with Gasteiger partial charge in [0, 0.05) is 49.9 Å². The number of fused-ring (bicyclic) bond motifs is 1. The average molecular weight is 357 g/mol. The maximum absolute atomic E-state index is 12.5. The molecule has 0 aromatic carbocycles. The van der Waals surface area contributed by atoms with Crippen molar-refractivity contribution in [3.8, 4) is 0 Å². The van der Waals surface area contributed by atoms with Gasteiger partial charge in [-0.05, 0) is 25.7 Å². The first kappa shape index (κ1) is 17.1. The Morgan fingerprint density at radius 1 is 1.15 bits per heavy atom. The number of likely N-dealkylation sites (tertiary alicyclic amines) is 1. The van der Waals surface area contributed by atoms with Crippen LogP contribution in [0.2, 0.25) is 0 Å². The normalized spacial score (nSPS) is 19.8. The van der Waals surface area contributed by atoms with Crippen molar-refractivity contribution in [3.63, 3.8) is 0 Å². The van der Waals surface area contributed by atoms with Gasteiger partial charge in [-0.3, -0.25) is 4.79 Å². The fraction of sp³-hybridized carbons (Fsp3) is 0.632. The second-order valence-electron chi connectivity index (χ2n) is 7.61. The van der Waals surface area contributed by atoms with Gasteiger partial charge in [-0.25, -0.2) is 4.79 Å². The lowest BCUT2D eigenvalue weighted by atomic mass is 9.93. The van der Waals surface area contributed by atoms with E-state index in [2.05, 4.69) is 15.0 Å². The third-order valence-electron chi connectivity index (χ3n) is 5.97. The Labute approximate surface area is 153 Å². The minimum atomic E-state index is -0.0874. The molecule has 7 heteroatoms. The monoisotopic (exact) mass is 357 g/mol. The van der Waals surface area contributed by atoms with E-state index < -0.39 is 0 Å². The number of amides is 2. The van der Waals surface area contributed by atoms with Crippen LogP contribution in [0, 0.1) is 0 Å². The zero-order chi connectivity index (χ0) is 18.1. The second kappa shape index (κ2) is 7.13. The van der Waals surface area contributed by atoms with Crippen molar-refractivity contribution < 1.29 is 4.79 Å². The maximum atomic E-state index is 12.5. The predicted octanol–water partition coefficient (Wildman–Crippen LogP) is 2.25. The Bertz CT molecular complexity index is 841. The second-order valence-corrected chi connectivity index (χ2v) is 7.61. The lowest BCUT2D eigenvalue weighted by Gasteiger charge is -2.34. The highest BCUT2D eigenvalue weighted by Crippen LogP contribution is 2.28. The number of aromatic nitrogens is 3. The van der Waals surface area contributed by atoms with Gasteiger partial charge in [-0.2, -0.15) is 9.61 Å². The number of urea groups is 1. The minimum Gasteiger partial charge on any atom is -0.335 e. The number of aryl methyl sites for hydroxylation is 1. The molecular weight excluding hydrogens is 330 g/mol. The average Bonchev–Trinajstić information content (AvgIpc) is 3.16.